The first-order valence-electron chi connectivity index (χ1n) is 6.26. The summed E-state index contributed by atoms with van der Waals surface area (Å²) in [6, 6.07) is -1.43. The topological polar surface area (TPSA) is 113 Å². The summed E-state index contributed by atoms with van der Waals surface area (Å²) in [5.41, 5.74) is -0.644. The second-order valence-corrected chi connectivity index (χ2v) is 7.32. The number of halogens is 6. The van der Waals surface area contributed by atoms with Crippen LogP contribution in [0.25, 0.3) is 0 Å². The minimum absolute atomic E-state index is 0.238. The number of alkyl halides is 5. The molecule has 0 spiro atoms. The highest BCUT2D eigenvalue weighted by Gasteiger charge is 2.60. The number of hydrogen-bond donors (Lipinski definition) is 1. The SMILES string of the molecule is CC(=O)Oc1cc(C(=O)NC(C(F)(F)F)C(F)(F)S(=O)(=O)[O-])ccc1I. The Morgan fingerprint density at radius 1 is 1.23 bits per heavy atom. The first-order chi connectivity index (χ1) is 11.6. The average molecular weight is 516 g/mol. The molecule has 0 fully saturated rings. The van der Waals surface area contributed by atoms with Gasteiger partial charge in [-0.25, -0.2) is 8.42 Å². The molecule has 7 nitrogen and oxygen atoms in total. The Bertz CT molecular complexity index is 826. The molecule has 0 aromatic heterocycles. The maximum absolute atomic E-state index is 13.4. The summed E-state index contributed by atoms with van der Waals surface area (Å²) >= 11 is 1.67. The van der Waals surface area contributed by atoms with E-state index in [0.29, 0.717) is 0 Å². The molecule has 0 bridgehead atoms. The molecule has 0 heterocycles. The summed E-state index contributed by atoms with van der Waals surface area (Å²) in [5, 5.41) is -5.06. The highest BCUT2D eigenvalue weighted by molar-refractivity contribution is 14.1. The van der Waals surface area contributed by atoms with Crippen LogP contribution in [0.3, 0.4) is 0 Å². The quantitative estimate of drug-likeness (QED) is 0.211. The van der Waals surface area contributed by atoms with E-state index in [2.05, 4.69) is 4.74 Å². The summed E-state index contributed by atoms with van der Waals surface area (Å²) in [7, 11) is -6.73. The molecule has 146 valence electrons. The molecular formula is C12H8F5INO6S-. The maximum Gasteiger partial charge on any atom is 0.415 e. The predicted octanol–water partition coefficient (Wildman–Crippen LogP) is 2.02. The second-order valence-electron chi connectivity index (χ2n) is 4.70. The normalized spacial score (nSPS) is 13.8. The van der Waals surface area contributed by atoms with Crippen LogP contribution in [0.5, 0.6) is 5.75 Å². The van der Waals surface area contributed by atoms with Gasteiger partial charge in [-0.2, -0.15) is 22.0 Å². The number of nitrogens with one attached hydrogen (secondary N) is 1. The summed E-state index contributed by atoms with van der Waals surface area (Å²) in [5.74, 6) is -2.82. The van der Waals surface area contributed by atoms with Gasteiger partial charge in [0, 0.05) is 12.5 Å². The average Bonchev–Trinajstić information content (AvgIpc) is 2.43. The fourth-order valence-corrected chi connectivity index (χ4v) is 2.52. The Morgan fingerprint density at radius 2 is 1.77 bits per heavy atom. The summed E-state index contributed by atoms with van der Waals surface area (Å²) < 4.78 is 101. The van der Waals surface area contributed by atoms with E-state index in [4.69, 9.17) is 0 Å². The van der Waals surface area contributed by atoms with Crippen molar-refractivity contribution < 1.29 is 49.2 Å². The van der Waals surface area contributed by atoms with E-state index in [1.54, 1.807) is 22.6 Å². The number of benzene rings is 1. The molecule has 1 atom stereocenters. The fraction of sp³-hybridized carbons (Fsp3) is 0.333. The molecule has 14 heteroatoms. The van der Waals surface area contributed by atoms with E-state index in [-0.39, 0.29) is 9.32 Å². The molecule has 1 rings (SSSR count). The van der Waals surface area contributed by atoms with E-state index in [1.165, 1.54) is 0 Å². The molecule has 0 saturated carbocycles. The van der Waals surface area contributed by atoms with Crippen molar-refractivity contribution >= 4 is 44.6 Å². The molecule has 0 radical (unpaired) electrons. The zero-order valence-corrected chi connectivity index (χ0v) is 15.4. The Hall–Kier alpha value is -1.55. The summed E-state index contributed by atoms with van der Waals surface area (Å²) in [6.45, 7) is 1.00. The highest BCUT2D eigenvalue weighted by atomic mass is 127. The molecule has 1 aromatic rings. The van der Waals surface area contributed by atoms with E-state index in [1.807, 2.05) is 0 Å². The van der Waals surface area contributed by atoms with Crippen LogP contribution in [0.2, 0.25) is 0 Å². The lowest BCUT2D eigenvalue weighted by atomic mass is 10.2. The number of hydrogen-bond acceptors (Lipinski definition) is 6. The van der Waals surface area contributed by atoms with E-state index < -0.39 is 45.0 Å². The minimum Gasteiger partial charge on any atom is -0.743 e. The van der Waals surface area contributed by atoms with Gasteiger partial charge in [0.2, 0.25) is 6.04 Å². The Labute approximate surface area is 156 Å². The van der Waals surface area contributed by atoms with Crippen molar-refractivity contribution in [1.29, 1.82) is 0 Å². The maximum atomic E-state index is 13.4. The molecule has 1 aromatic carbocycles. The molecule has 0 saturated heterocycles. The van der Waals surface area contributed by atoms with Gasteiger partial charge in [0.25, 0.3) is 5.91 Å². The lowest BCUT2D eigenvalue weighted by Gasteiger charge is -2.30. The molecule has 0 aliphatic heterocycles. The zero-order valence-electron chi connectivity index (χ0n) is 12.4. The van der Waals surface area contributed by atoms with Crippen LogP contribution in [0.1, 0.15) is 17.3 Å². The Balaban J connectivity index is 3.26. The Morgan fingerprint density at radius 3 is 2.19 bits per heavy atom. The van der Waals surface area contributed by atoms with Crippen molar-refractivity contribution in [1.82, 2.24) is 5.32 Å². The molecule has 1 N–H and O–H groups in total. The van der Waals surface area contributed by atoms with Crippen LogP contribution in [0.4, 0.5) is 22.0 Å². The first-order valence-corrected chi connectivity index (χ1v) is 8.75. The second kappa shape index (κ2) is 7.59. The monoisotopic (exact) mass is 516 g/mol. The number of carbonyl (C=O) groups is 2. The van der Waals surface area contributed by atoms with Gasteiger partial charge in [-0.1, -0.05) is 0 Å². The summed E-state index contributed by atoms with van der Waals surface area (Å²) in [6.07, 6.45) is -5.95. The van der Waals surface area contributed by atoms with Crippen LogP contribution < -0.4 is 10.1 Å². The van der Waals surface area contributed by atoms with Gasteiger partial charge in [-0.05, 0) is 40.8 Å². The van der Waals surface area contributed by atoms with Crippen molar-refractivity contribution in [2.45, 2.75) is 24.4 Å². The van der Waals surface area contributed by atoms with Crippen LogP contribution in [-0.4, -0.2) is 42.3 Å². The zero-order chi connectivity index (χ0) is 20.5. The van der Waals surface area contributed by atoms with Gasteiger partial charge < -0.3 is 14.6 Å². The third-order valence-electron chi connectivity index (χ3n) is 2.72. The van der Waals surface area contributed by atoms with Crippen molar-refractivity contribution in [2.75, 3.05) is 0 Å². The number of carbonyl (C=O) groups excluding carboxylic acids is 2. The lowest BCUT2D eigenvalue weighted by Crippen LogP contribution is -2.59. The first kappa shape index (κ1) is 22.5. The molecule has 26 heavy (non-hydrogen) atoms. The van der Waals surface area contributed by atoms with E-state index >= 15 is 0 Å². The standard InChI is InChI=1S/C12H9F5INO6S/c1-5(20)25-8-4-6(2-3-7(8)18)9(21)19-10(11(13,14)15)12(16,17)26(22,23)24/h2-4,10H,1H3,(H,19,21)(H,22,23,24)/p-1. The van der Waals surface area contributed by atoms with E-state index in [9.17, 15) is 44.5 Å². The third-order valence-corrected chi connectivity index (χ3v) is 4.51. The van der Waals surface area contributed by atoms with Crippen LogP contribution >= 0.6 is 22.6 Å². The molecular weight excluding hydrogens is 508 g/mol. The van der Waals surface area contributed by atoms with E-state index in [0.717, 1.165) is 30.4 Å². The van der Waals surface area contributed by atoms with Crippen molar-refractivity contribution in [3.63, 3.8) is 0 Å². The smallest absolute Gasteiger partial charge is 0.415 e. The van der Waals surface area contributed by atoms with Gasteiger partial charge in [-0.15, -0.1) is 0 Å². The van der Waals surface area contributed by atoms with Crippen LogP contribution in [-0.2, 0) is 14.9 Å². The number of amides is 1. The van der Waals surface area contributed by atoms with Crippen molar-refractivity contribution in [3.05, 3.63) is 27.3 Å². The van der Waals surface area contributed by atoms with Gasteiger partial charge in [0.05, 0.1) is 3.57 Å². The summed E-state index contributed by atoms with van der Waals surface area (Å²) in [4.78, 5) is 22.8. The number of esters is 1. The van der Waals surface area contributed by atoms with Crippen LogP contribution in [0.15, 0.2) is 18.2 Å². The number of ether oxygens (including phenoxy) is 1. The molecule has 0 aliphatic rings. The molecule has 1 amide bonds. The van der Waals surface area contributed by atoms with Gasteiger partial charge in [0.15, 0.2) is 10.1 Å². The molecule has 0 aliphatic carbocycles. The largest absolute Gasteiger partial charge is 0.743 e. The lowest BCUT2D eigenvalue weighted by molar-refractivity contribution is -0.191. The minimum atomic E-state index is -6.73. The van der Waals surface area contributed by atoms with Crippen molar-refractivity contribution in [3.8, 4) is 5.75 Å². The van der Waals surface area contributed by atoms with Crippen LogP contribution in [0, 0.1) is 3.57 Å². The van der Waals surface area contributed by atoms with Gasteiger partial charge in [-0.3, -0.25) is 9.59 Å². The number of rotatable bonds is 5. The van der Waals surface area contributed by atoms with Gasteiger partial charge >= 0.3 is 17.4 Å². The highest BCUT2D eigenvalue weighted by Crippen LogP contribution is 2.36. The van der Waals surface area contributed by atoms with Crippen molar-refractivity contribution in [2.24, 2.45) is 0 Å². The Kier molecular flexibility index (Phi) is 6.57. The molecule has 1 unspecified atom stereocenters. The predicted molar refractivity (Wildman–Crippen MR) is 82.4 cm³/mol. The fourth-order valence-electron chi connectivity index (χ4n) is 1.59. The van der Waals surface area contributed by atoms with Gasteiger partial charge in [0.1, 0.15) is 5.75 Å². The third kappa shape index (κ3) is 5.23.